The molecule has 2 rings (SSSR count). The molecule has 1 aromatic carbocycles. The van der Waals surface area contributed by atoms with Crippen molar-refractivity contribution in [2.24, 2.45) is 0 Å². The van der Waals surface area contributed by atoms with Gasteiger partial charge in [-0.15, -0.1) is 0 Å². The first kappa shape index (κ1) is 17.5. The molecule has 0 fully saturated rings. The van der Waals surface area contributed by atoms with E-state index in [0.29, 0.717) is 0 Å². The Hall–Kier alpha value is -2.88. The molecule has 0 spiro atoms. The smallest absolute Gasteiger partial charge is 0.342 e. The van der Waals surface area contributed by atoms with E-state index < -0.39 is 21.0 Å². The van der Waals surface area contributed by atoms with Gasteiger partial charge in [0, 0.05) is 18.3 Å². The Kier molecular flexibility index (Phi) is 5.19. The monoisotopic (exact) mass is 352 g/mol. The van der Waals surface area contributed by atoms with Gasteiger partial charge in [0.15, 0.2) is 5.03 Å². The van der Waals surface area contributed by atoms with Crippen molar-refractivity contribution >= 4 is 27.6 Å². The van der Waals surface area contributed by atoms with Crippen molar-refractivity contribution < 1.29 is 22.7 Å². The summed E-state index contributed by atoms with van der Waals surface area (Å²) in [6.07, 6.45) is 1.08. The maximum Gasteiger partial charge on any atom is 0.342 e. The first-order chi connectivity index (χ1) is 11.4. The minimum Gasteiger partial charge on any atom is -0.462 e. The SMILES string of the molecule is CCOC(=O)c1cn[nH]c1S(=O)(=O)Nc1cccc(C(=O)NC)c1. The summed E-state index contributed by atoms with van der Waals surface area (Å²) in [5, 5.41) is 7.89. The number of aromatic amines is 1. The number of esters is 1. The van der Waals surface area contributed by atoms with Crippen LogP contribution in [0, 0.1) is 0 Å². The number of H-pyrrole nitrogens is 1. The summed E-state index contributed by atoms with van der Waals surface area (Å²) in [6, 6.07) is 5.92. The number of carbonyl (C=O) groups excluding carboxylic acids is 2. The first-order valence-electron chi connectivity index (χ1n) is 6.94. The number of anilines is 1. The van der Waals surface area contributed by atoms with Crippen molar-refractivity contribution in [3.8, 4) is 0 Å². The van der Waals surface area contributed by atoms with Crippen LogP contribution in [0.3, 0.4) is 0 Å². The van der Waals surface area contributed by atoms with Gasteiger partial charge in [-0.2, -0.15) is 13.5 Å². The highest BCUT2D eigenvalue weighted by Crippen LogP contribution is 2.19. The lowest BCUT2D eigenvalue weighted by Gasteiger charge is -2.09. The lowest BCUT2D eigenvalue weighted by atomic mass is 10.2. The fraction of sp³-hybridized carbons (Fsp3) is 0.214. The van der Waals surface area contributed by atoms with Crippen LogP contribution in [0.15, 0.2) is 35.5 Å². The van der Waals surface area contributed by atoms with Gasteiger partial charge in [-0.3, -0.25) is 14.6 Å². The van der Waals surface area contributed by atoms with E-state index in [9.17, 15) is 18.0 Å². The van der Waals surface area contributed by atoms with E-state index in [1.165, 1.54) is 31.3 Å². The molecule has 0 aliphatic carbocycles. The van der Waals surface area contributed by atoms with Crippen LogP contribution in [0.5, 0.6) is 0 Å². The zero-order valence-electron chi connectivity index (χ0n) is 13.0. The van der Waals surface area contributed by atoms with Crippen LogP contribution in [0.4, 0.5) is 5.69 Å². The molecular weight excluding hydrogens is 336 g/mol. The Morgan fingerprint density at radius 3 is 2.75 bits per heavy atom. The molecule has 1 heterocycles. The number of hydrogen-bond acceptors (Lipinski definition) is 6. The third-order valence-corrected chi connectivity index (χ3v) is 4.33. The number of sulfonamides is 1. The van der Waals surface area contributed by atoms with Crippen molar-refractivity contribution in [1.29, 1.82) is 0 Å². The van der Waals surface area contributed by atoms with Gasteiger partial charge >= 0.3 is 5.97 Å². The van der Waals surface area contributed by atoms with Gasteiger partial charge in [0.05, 0.1) is 12.8 Å². The third kappa shape index (κ3) is 3.71. The van der Waals surface area contributed by atoms with Crippen LogP contribution in [0.1, 0.15) is 27.6 Å². The molecule has 0 unspecified atom stereocenters. The topological polar surface area (TPSA) is 130 Å². The Morgan fingerprint density at radius 1 is 1.33 bits per heavy atom. The number of carbonyl (C=O) groups is 2. The fourth-order valence-corrected chi connectivity index (χ4v) is 3.05. The highest BCUT2D eigenvalue weighted by molar-refractivity contribution is 7.92. The van der Waals surface area contributed by atoms with Crippen molar-refractivity contribution in [3.05, 3.63) is 41.6 Å². The van der Waals surface area contributed by atoms with Gasteiger partial charge in [0.25, 0.3) is 15.9 Å². The van der Waals surface area contributed by atoms with Crippen molar-refractivity contribution in [3.63, 3.8) is 0 Å². The molecule has 24 heavy (non-hydrogen) atoms. The van der Waals surface area contributed by atoms with Crippen molar-refractivity contribution in [2.75, 3.05) is 18.4 Å². The Bertz CT molecular complexity index is 860. The second-order valence-electron chi connectivity index (χ2n) is 4.60. The molecule has 10 heteroatoms. The number of amides is 1. The van der Waals surface area contributed by atoms with Gasteiger partial charge in [-0.05, 0) is 25.1 Å². The minimum absolute atomic E-state index is 0.102. The molecule has 1 aromatic heterocycles. The molecule has 0 bridgehead atoms. The van der Waals surface area contributed by atoms with Crippen LogP contribution in [0.25, 0.3) is 0 Å². The minimum atomic E-state index is -4.11. The first-order valence-corrected chi connectivity index (χ1v) is 8.42. The van der Waals surface area contributed by atoms with Gasteiger partial charge in [0.2, 0.25) is 0 Å². The molecule has 1 amide bonds. The second kappa shape index (κ2) is 7.13. The normalized spacial score (nSPS) is 10.9. The van der Waals surface area contributed by atoms with E-state index in [0.717, 1.165) is 6.20 Å². The van der Waals surface area contributed by atoms with Crippen molar-refractivity contribution in [2.45, 2.75) is 11.9 Å². The number of hydrogen-bond donors (Lipinski definition) is 3. The van der Waals surface area contributed by atoms with Gasteiger partial charge < -0.3 is 10.1 Å². The lowest BCUT2D eigenvalue weighted by Crippen LogP contribution is -2.19. The summed E-state index contributed by atoms with van der Waals surface area (Å²) in [7, 11) is -2.65. The molecule has 128 valence electrons. The molecule has 0 radical (unpaired) electrons. The molecule has 0 saturated carbocycles. The quantitative estimate of drug-likeness (QED) is 0.658. The van der Waals surface area contributed by atoms with Crippen LogP contribution in [-0.4, -0.2) is 44.1 Å². The van der Waals surface area contributed by atoms with Crippen molar-refractivity contribution in [1.82, 2.24) is 15.5 Å². The Balaban J connectivity index is 2.32. The van der Waals surface area contributed by atoms with Crippen LogP contribution in [-0.2, 0) is 14.8 Å². The molecular formula is C14H16N4O5S. The molecule has 3 N–H and O–H groups in total. The maximum atomic E-state index is 12.5. The van der Waals surface area contributed by atoms with E-state index in [1.54, 1.807) is 6.92 Å². The number of ether oxygens (including phenoxy) is 1. The highest BCUT2D eigenvalue weighted by Gasteiger charge is 2.26. The van der Waals surface area contributed by atoms with E-state index in [4.69, 9.17) is 4.74 Å². The standard InChI is InChI=1S/C14H16N4O5S/c1-3-23-14(20)11-8-16-17-13(11)24(21,22)18-10-6-4-5-9(7-10)12(19)15-2/h4-8,18H,3H2,1-2H3,(H,15,19)(H,16,17). The van der Waals surface area contributed by atoms with Crippen LogP contribution in [0.2, 0.25) is 0 Å². The molecule has 0 aliphatic heterocycles. The Labute approximate surface area is 138 Å². The number of aromatic nitrogens is 2. The van der Waals surface area contributed by atoms with E-state index in [2.05, 4.69) is 20.2 Å². The predicted molar refractivity (Wildman–Crippen MR) is 85.2 cm³/mol. The summed E-state index contributed by atoms with van der Waals surface area (Å²) >= 11 is 0. The molecule has 0 saturated heterocycles. The second-order valence-corrected chi connectivity index (χ2v) is 6.22. The average molecular weight is 352 g/mol. The van der Waals surface area contributed by atoms with Gasteiger partial charge in [0.1, 0.15) is 5.56 Å². The molecule has 2 aromatic rings. The molecule has 0 aliphatic rings. The maximum absolute atomic E-state index is 12.5. The largest absolute Gasteiger partial charge is 0.462 e. The summed E-state index contributed by atoms with van der Waals surface area (Å²) in [4.78, 5) is 23.4. The average Bonchev–Trinajstić information content (AvgIpc) is 3.05. The summed E-state index contributed by atoms with van der Waals surface area (Å²) < 4.78 is 32.0. The summed E-state index contributed by atoms with van der Waals surface area (Å²) in [5.41, 5.74) is 0.250. The number of rotatable bonds is 6. The third-order valence-electron chi connectivity index (χ3n) is 2.97. The molecule has 9 nitrogen and oxygen atoms in total. The zero-order chi connectivity index (χ0) is 17.7. The van der Waals surface area contributed by atoms with E-state index in [-0.39, 0.29) is 29.3 Å². The molecule has 0 atom stereocenters. The van der Waals surface area contributed by atoms with Gasteiger partial charge in [-0.1, -0.05) is 6.07 Å². The lowest BCUT2D eigenvalue weighted by molar-refractivity contribution is 0.0521. The van der Waals surface area contributed by atoms with Crippen LogP contribution >= 0.6 is 0 Å². The Morgan fingerprint density at radius 2 is 2.08 bits per heavy atom. The summed E-state index contributed by atoms with van der Waals surface area (Å²) in [5.74, 6) is -1.16. The zero-order valence-corrected chi connectivity index (χ0v) is 13.8. The van der Waals surface area contributed by atoms with E-state index >= 15 is 0 Å². The fourth-order valence-electron chi connectivity index (χ4n) is 1.91. The van der Waals surface area contributed by atoms with E-state index in [1.807, 2.05) is 0 Å². The highest BCUT2D eigenvalue weighted by atomic mass is 32.2. The summed E-state index contributed by atoms with van der Waals surface area (Å²) in [6.45, 7) is 1.71. The number of nitrogens with one attached hydrogen (secondary N) is 3. The van der Waals surface area contributed by atoms with Crippen LogP contribution < -0.4 is 10.0 Å². The number of nitrogens with zero attached hydrogens (tertiary/aromatic N) is 1. The van der Waals surface area contributed by atoms with Gasteiger partial charge in [-0.25, -0.2) is 4.79 Å². The predicted octanol–water partition coefficient (Wildman–Crippen LogP) is 0.747. The number of benzene rings is 1.